The van der Waals surface area contributed by atoms with Crippen molar-refractivity contribution in [1.29, 1.82) is 0 Å². The third-order valence-electron chi connectivity index (χ3n) is 11.1. The summed E-state index contributed by atoms with van der Waals surface area (Å²) in [4.78, 5) is 27.9. The molecule has 0 bridgehead atoms. The quantitative estimate of drug-likeness (QED) is 0.0516. The number of unbranched alkanes of at least 4 members (excludes halogenated alkanes) is 20. The van der Waals surface area contributed by atoms with Crippen LogP contribution >= 0.6 is 0 Å². The van der Waals surface area contributed by atoms with E-state index >= 15 is 0 Å². The highest BCUT2D eigenvalue weighted by Crippen LogP contribution is 2.31. The van der Waals surface area contributed by atoms with Gasteiger partial charge in [0, 0.05) is 25.4 Å². The molecule has 1 aliphatic heterocycles. The Morgan fingerprint density at radius 2 is 1.14 bits per heavy atom. The van der Waals surface area contributed by atoms with Crippen LogP contribution in [0.1, 0.15) is 226 Å². The molecule has 0 amide bonds. The van der Waals surface area contributed by atoms with Crippen LogP contribution < -0.4 is 0 Å². The lowest BCUT2D eigenvalue weighted by molar-refractivity contribution is -0.150. The van der Waals surface area contributed by atoms with Gasteiger partial charge in [-0.3, -0.25) is 14.5 Å². The molecular formula is C44H85NO5. The lowest BCUT2D eigenvalue weighted by Gasteiger charge is -2.41. The second kappa shape index (κ2) is 34.9. The summed E-state index contributed by atoms with van der Waals surface area (Å²) >= 11 is 0. The molecule has 0 aromatic carbocycles. The molecule has 0 radical (unpaired) electrons. The van der Waals surface area contributed by atoms with Crippen LogP contribution in [0.3, 0.4) is 0 Å². The van der Waals surface area contributed by atoms with Crippen molar-refractivity contribution < 1.29 is 24.2 Å². The van der Waals surface area contributed by atoms with Gasteiger partial charge in [0.15, 0.2) is 0 Å². The fraction of sp³-hybridized carbons (Fsp3) is 0.955. The summed E-state index contributed by atoms with van der Waals surface area (Å²) in [5.74, 6) is 0.406. The zero-order valence-corrected chi connectivity index (χ0v) is 33.7. The molecule has 0 saturated carbocycles. The first kappa shape index (κ1) is 46.9. The summed E-state index contributed by atoms with van der Waals surface area (Å²) in [6.45, 7) is 9.23. The first-order valence-electron chi connectivity index (χ1n) is 22.3. The minimum Gasteiger partial charge on any atom is -0.466 e. The summed E-state index contributed by atoms with van der Waals surface area (Å²) < 4.78 is 11.7. The van der Waals surface area contributed by atoms with Gasteiger partial charge in [0.1, 0.15) is 6.10 Å². The van der Waals surface area contributed by atoms with Gasteiger partial charge in [-0.05, 0) is 76.7 Å². The average Bonchev–Trinajstić information content (AvgIpc) is 3.11. The molecule has 0 aromatic rings. The maximum Gasteiger partial charge on any atom is 0.306 e. The molecule has 1 fully saturated rings. The first-order chi connectivity index (χ1) is 24.5. The Labute approximate surface area is 311 Å². The summed E-state index contributed by atoms with van der Waals surface area (Å²) in [7, 11) is 0. The summed E-state index contributed by atoms with van der Waals surface area (Å²) in [5, 5.41) is 9.74. The van der Waals surface area contributed by atoms with Gasteiger partial charge >= 0.3 is 11.9 Å². The molecule has 0 aliphatic carbocycles. The molecular weight excluding hydrogens is 622 g/mol. The van der Waals surface area contributed by atoms with Crippen LogP contribution in [-0.2, 0) is 19.1 Å². The third kappa shape index (κ3) is 26.6. The molecule has 1 aliphatic rings. The zero-order chi connectivity index (χ0) is 36.3. The Bertz CT molecular complexity index is 743. The van der Waals surface area contributed by atoms with Crippen molar-refractivity contribution in [1.82, 2.24) is 4.90 Å². The highest BCUT2D eigenvalue weighted by Gasteiger charge is 2.31. The van der Waals surface area contributed by atoms with Crippen LogP contribution in [0.15, 0.2) is 0 Å². The minimum atomic E-state index is -0.0487. The number of aliphatic hydroxyl groups excluding tert-OH is 1. The number of hydrogen-bond donors (Lipinski definition) is 1. The number of esters is 2. The number of likely N-dealkylation sites (tertiary alicyclic amines) is 1. The lowest BCUT2D eigenvalue weighted by atomic mass is 9.83. The molecule has 1 saturated heterocycles. The average molecular weight is 708 g/mol. The molecule has 1 heterocycles. The molecule has 0 aromatic heterocycles. The predicted molar refractivity (Wildman–Crippen MR) is 212 cm³/mol. The van der Waals surface area contributed by atoms with Gasteiger partial charge in [-0.25, -0.2) is 0 Å². The van der Waals surface area contributed by atoms with Gasteiger partial charge in [0.2, 0.25) is 0 Å². The molecule has 1 rings (SSSR count). The van der Waals surface area contributed by atoms with E-state index in [9.17, 15) is 14.7 Å². The van der Waals surface area contributed by atoms with E-state index in [-0.39, 0.29) is 24.6 Å². The molecule has 6 heteroatoms. The number of carbonyl (C=O) groups is 2. The molecule has 0 spiro atoms. The Morgan fingerprint density at radius 3 is 1.70 bits per heavy atom. The maximum atomic E-state index is 12.9. The minimum absolute atomic E-state index is 0.00895. The highest BCUT2D eigenvalue weighted by atomic mass is 16.5. The number of carbonyl (C=O) groups excluding carboxylic acids is 2. The molecule has 6 nitrogen and oxygen atoms in total. The van der Waals surface area contributed by atoms with E-state index in [0.29, 0.717) is 38.0 Å². The van der Waals surface area contributed by atoms with Gasteiger partial charge in [0.05, 0.1) is 13.2 Å². The van der Waals surface area contributed by atoms with E-state index in [2.05, 4.69) is 25.7 Å². The fourth-order valence-electron chi connectivity index (χ4n) is 7.96. The molecule has 50 heavy (non-hydrogen) atoms. The van der Waals surface area contributed by atoms with Crippen molar-refractivity contribution >= 4 is 11.9 Å². The van der Waals surface area contributed by atoms with Crippen LogP contribution in [0.4, 0.5) is 0 Å². The SMILES string of the molecule is CCCCCCCCCCCOC(=O)CCC1CCCN(CCO)C1CCCCCC(=O)OC(CCCCCCCC)CCCCCCCC. The van der Waals surface area contributed by atoms with Crippen LogP contribution in [0.25, 0.3) is 0 Å². The van der Waals surface area contributed by atoms with E-state index < -0.39 is 0 Å². The molecule has 1 N–H and O–H groups in total. The van der Waals surface area contributed by atoms with E-state index in [4.69, 9.17) is 9.47 Å². The van der Waals surface area contributed by atoms with E-state index in [1.54, 1.807) is 0 Å². The Morgan fingerprint density at radius 1 is 0.620 bits per heavy atom. The second-order valence-electron chi connectivity index (χ2n) is 15.6. The zero-order valence-electron chi connectivity index (χ0n) is 33.7. The van der Waals surface area contributed by atoms with Crippen molar-refractivity contribution in [3.63, 3.8) is 0 Å². The number of aliphatic hydroxyl groups is 1. The monoisotopic (exact) mass is 708 g/mol. The van der Waals surface area contributed by atoms with Gasteiger partial charge in [0.25, 0.3) is 0 Å². The lowest BCUT2D eigenvalue weighted by Crippen LogP contribution is -2.46. The summed E-state index contributed by atoms with van der Waals surface area (Å²) in [5.41, 5.74) is 0. The smallest absolute Gasteiger partial charge is 0.306 e. The van der Waals surface area contributed by atoms with Crippen molar-refractivity contribution in [2.75, 3.05) is 26.3 Å². The Balaban J connectivity index is 2.38. The topological polar surface area (TPSA) is 76.1 Å². The van der Waals surface area contributed by atoms with E-state index in [0.717, 1.165) is 77.2 Å². The van der Waals surface area contributed by atoms with Crippen molar-refractivity contribution in [2.24, 2.45) is 5.92 Å². The maximum absolute atomic E-state index is 12.9. The second-order valence-corrected chi connectivity index (χ2v) is 15.6. The van der Waals surface area contributed by atoms with Crippen molar-refractivity contribution in [3.05, 3.63) is 0 Å². The number of piperidine rings is 1. The highest BCUT2D eigenvalue weighted by molar-refractivity contribution is 5.69. The normalized spacial score (nSPS) is 16.7. The van der Waals surface area contributed by atoms with Gasteiger partial charge in [-0.1, -0.05) is 149 Å². The summed E-state index contributed by atoms with van der Waals surface area (Å²) in [6, 6.07) is 0.395. The van der Waals surface area contributed by atoms with Gasteiger partial charge in [-0.15, -0.1) is 0 Å². The number of rotatable bonds is 36. The van der Waals surface area contributed by atoms with Crippen molar-refractivity contribution in [2.45, 2.75) is 238 Å². The van der Waals surface area contributed by atoms with Crippen LogP contribution in [0, 0.1) is 5.92 Å². The van der Waals surface area contributed by atoms with Gasteiger partial charge in [-0.2, -0.15) is 0 Å². The van der Waals surface area contributed by atoms with Gasteiger partial charge < -0.3 is 14.6 Å². The number of nitrogens with zero attached hydrogens (tertiary/aromatic N) is 1. The number of β-amino-alcohol motifs (C(OH)–C–C–N with tert-alkyl or cyclic N) is 1. The standard InChI is InChI=1S/C44H85NO5/c1-4-7-10-13-16-17-18-21-27-39-49-43(47)35-34-40-29-28-36-45(37-38-46)42(40)32-25-22-26-33-44(48)50-41(30-23-19-14-11-8-5-2)31-24-20-15-12-9-6-3/h40-42,46H,4-39H2,1-3H3. The number of hydrogen-bond acceptors (Lipinski definition) is 6. The van der Waals surface area contributed by atoms with Crippen LogP contribution in [-0.4, -0.2) is 60.4 Å². The van der Waals surface area contributed by atoms with E-state index in [1.807, 2.05) is 0 Å². The predicted octanol–water partition coefficient (Wildman–Crippen LogP) is 12.3. The first-order valence-corrected chi connectivity index (χ1v) is 22.3. The third-order valence-corrected chi connectivity index (χ3v) is 11.1. The fourth-order valence-corrected chi connectivity index (χ4v) is 7.96. The largest absolute Gasteiger partial charge is 0.466 e. The molecule has 296 valence electrons. The number of ether oxygens (including phenoxy) is 2. The van der Waals surface area contributed by atoms with Crippen LogP contribution in [0.5, 0.6) is 0 Å². The van der Waals surface area contributed by atoms with Crippen LogP contribution in [0.2, 0.25) is 0 Å². The Hall–Kier alpha value is -1.14. The van der Waals surface area contributed by atoms with Crippen molar-refractivity contribution in [3.8, 4) is 0 Å². The Kier molecular flexibility index (Phi) is 32.7. The van der Waals surface area contributed by atoms with E-state index in [1.165, 1.54) is 122 Å². The molecule has 2 unspecified atom stereocenters. The molecule has 2 atom stereocenters. The summed E-state index contributed by atoms with van der Waals surface area (Å²) in [6.07, 6.45) is 37.0.